The lowest BCUT2D eigenvalue weighted by molar-refractivity contribution is 0.652. The molecule has 0 spiro atoms. The highest BCUT2D eigenvalue weighted by atomic mass is 14.5. The normalized spacial score (nSPS) is 14.6. The van der Waals surface area contributed by atoms with E-state index in [0.717, 1.165) is 0 Å². The summed E-state index contributed by atoms with van der Waals surface area (Å²) in [5.41, 5.74) is 18.8. The Hall–Kier alpha value is -6.24. The van der Waals surface area contributed by atoms with Gasteiger partial charge in [-0.3, -0.25) is 0 Å². The quantitative estimate of drug-likeness (QED) is 0.162. The summed E-state index contributed by atoms with van der Waals surface area (Å²) in [4.78, 5) is 0. The zero-order chi connectivity index (χ0) is 36.3. The van der Waals surface area contributed by atoms with E-state index in [4.69, 9.17) is 0 Å². The van der Waals surface area contributed by atoms with Crippen molar-refractivity contribution in [3.8, 4) is 55.6 Å². The molecule has 256 valence electrons. The minimum Gasteiger partial charge on any atom is -0.0622 e. The van der Waals surface area contributed by atoms with Gasteiger partial charge in [0.25, 0.3) is 0 Å². The van der Waals surface area contributed by atoms with E-state index in [0.29, 0.717) is 0 Å². The van der Waals surface area contributed by atoms with Gasteiger partial charge in [0.05, 0.1) is 0 Å². The van der Waals surface area contributed by atoms with Crippen LogP contribution in [-0.2, 0) is 10.8 Å². The molecular formula is C54H40. The standard InChI is InChI=1S/C54H40/c1-53(2)45-28-16-14-26-42(45)50-47(53)32-44(52-51(50)43-27-15-17-29-46(43)54(52,3)4)36-30-31-41(35-21-9-8-20-34(35)36)49-39-24-12-10-22-37(39)48(33-18-6-5-7-19-33)38-23-11-13-25-40(38)49/h5-32H,1-4H3. The lowest BCUT2D eigenvalue weighted by Gasteiger charge is -2.28. The number of hydrogen-bond donors (Lipinski definition) is 0. The van der Waals surface area contributed by atoms with Crippen molar-refractivity contribution in [3.63, 3.8) is 0 Å². The monoisotopic (exact) mass is 688 g/mol. The van der Waals surface area contributed by atoms with Crippen LogP contribution >= 0.6 is 0 Å². The second-order valence-corrected chi connectivity index (χ2v) is 16.4. The van der Waals surface area contributed by atoms with Crippen LogP contribution in [0.4, 0.5) is 0 Å². The third-order valence-corrected chi connectivity index (χ3v) is 12.8. The molecule has 0 atom stereocenters. The molecule has 9 aromatic carbocycles. The number of rotatable bonds is 3. The third-order valence-electron chi connectivity index (χ3n) is 12.8. The van der Waals surface area contributed by atoms with Gasteiger partial charge in [0.2, 0.25) is 0 Å². The minimum atomic E-state index is -0.169. The van der Waals surface area contributed by atoms with Crippen LogP contribution in [0, 0.1) is 0 Å². The first-order chi connectivity index (χ1) is 26.4. The summed E-state index contributed by atoms with van der Waals surface area (Å²) in [6.07, 6.45) is 0. The van der Waals surface area contributed by atoms with Crippen LogP contribution in [0.5, 0.6) is 0 Å². The van der Waals surface area contributed by atoms with E-state index >= 15 is 0 Å². The minimum absolute atomic E-state index is 0.120. The molecule has 0 saturated carbocycles. The zero-order valence-corrected chi connectivity index (χ0v) is 31.2. The fourth-order valence-corrected chi connectivity index (χ4v) is 10.4. The molecule has 0 radical (unpaired) electrons. The van der Waals surface area contributed by atoms with E-state index in [1.807, 2.05) is 0 Å². The van der Waals surface area contributed by atoms with Gasteiger partial charge in [0.1, 0.15) is 0 Å². The molecule has 9 aromatic rings. The molecule has 0 unspecified atom stereocenters. The maximum absolute atomic E-state index is 2.57. The third kappa shape index (κ3) is 4.09. The van der Waals surface area contributed by atoms with Crippen molar-refractivity contribution >= 4 is 32.3 Å². The number of benzene rings is 9. The largest absolute Gasteiger partial charge is 0.0622 e. The molecule has 0 amide bonds. The van der Waals surface area contributed by atoms with E-state index in [9.17, 15) is 0 Å². The van der Waals surface area contributed by atoms with Gasteiger partial charge in [-0.25, -0.2) is 0 Å². The Morgan fingerprint density at radius 1 is 0.278 bits per heavy atom. The first kappa shape index (κ1) is 31.3. The molecule has 0 aromatic heterocycles. The molecule has 2 aliphatic carbocycles. The fraction of sp³-hybridized carbons (Fsp3) is 0.111. The molecule has 54 heavy (non-hydrogen) atoms. The highest BCUT2D eigenvalue weighted by Crippen LogP contribution is 2.62. The molecule has 0 aliphatic heterocycles. The molecule has 0 bridgehead atoms. The van der Waals surface area contributed by atoms with E-state index < -0.39 is 0 Å². The first-order valence-corrected chi connectivity index (χ1v) is 19.3. The van der Waals surface area contributed by atoms with Gasteiger partial charge >= 0.3 is 0 Å². The van der Waals surface area contributed by atoms with Crippen molar-refractivity contribution in [2.24, 2.45) is 0 Å². The summed E-state index contributed by atoms with van der Waals surface area (Å²) in [6.45, 7) is 9.69. The highest BCUT2D eigenvalue weighted by molar-refractivity contribution is 6.24. The lowest BCUT2D eigenvalue weighted by atomic mass is 9.74. The van der Waals surface area contributed by atoms with Crippen LogP contribution in [0.15, 0.2) is 170 Å². The summed E-state index contributed by atoms with van der Waals surface area (Å²) in [6, 6.07) is 63.7. The van der Waals surface area contributed by atoms with Crippen molar-refractivity contribution < 1.29 is 0 Å². The van der Waals surface area contributed by atoms with Crippen LogP contribution in [0.25, 0.3) is 88.0 Å². The van der Waals surface area contributed by atoms with E-state index in [2.05, 4.69) is 198 Å². The van der Waals surface area contributed by atoms with Crippen LogP contribution in [-0.4, -0.2) is 0 Å². The van der Waals surface area contributed by atoms with Crippen LogP contribution in [0.2, 0.25) is 0 Å². The van der Waals surface area contributed by atoms with E-state index in [1.54, 1.807) is 0 Å². The Labute approximate surface area is 317 Å². The molecule has 0 fully saturated rings. The summed E-state index contributed by atoms with van der Waals surface area (Å²) >= 11 is 0. The first-order valence-electron chi connectivity index (χ1n) is 19.3. The van der Waals surface area contributed by atoms with Gasteiger partial charge in [-0.15, -0.1) is 0 Å². The molecule has 0 heterocycles. The molecule has 11 rings (SSSR count). The molecular weight excluding hydrogens is 649 g/mol. The fourth-order valence-electron chi connectivity index (χ4n) is 10.4. The maximum Gasteiger partial charge on any atom is 0.0165 e. The Morgan fingerprint density at radius 2 is 0.722 bits per heavy atom. The van der Waals surface area contributed by atoms with Gasteiger partial charge in [-0.1, -0.05) is 191 Å². The van der Waals surface area contributed by atoms with Crippen molar-refractivity contribution in [2.45, 2.75) is 38.5 Å². The molecule has 2 aliphatic rings. The van der Waals surface area contributed by atoms with Gasteiger partial charge in [0.15, 0.2) is 0 Å². The Balaban J connectivity index is 1.24. The summed E-state index contributed by atoms with van der Waals surface area (Å²) in [5.74, 6) is 0. The van der Waals surface area contributed by atoms with Crippen LogP contribution in [0.1, 0.15) is 49.9 Å². The smallest absolute Gasteiger partial charge is 0.0165 e. The van der Waals surface area contributed by atoms with E-state index in [-0.39, 0.29) is 10.8 Å². The molecule has 0 heteroatoms. The lowest BCUT2D eigenvalue weighted by Crippen LogP contribution is -2.18. The summed E-state index contributed by atoms with van der Waals surface area (Å²) < 4.78 is 0. The number of hydrogen-bond acceptors (Lipinski definition) is 0. The predicted octanol–water partition coefficient (Wildman–Crippen LogP) is 14.8. The average Bonchev–Trinajstić information content (AvgIpc) is 3.59. The highest BCUT2D eigenvalue weighted by Gasteiger charge is 2.45. The van der Waals surface area contributed by atoms with Crippen molar-refractivity contribution in [1.82, 2.24) is 0 Å². The Kier molecular flexibility index (Phi) is 6.46. The zero-order valence-electron chi connectivity index (χ0n) is 31.2. The Bertz CT molecular complexity index is 2970. The predicted molar refractivity (Wildman–Crippen MR) is 230 cm³/mol. The van der Waals surface area contributed by atoms with Crippen molar-refractivity contribution in [2.75, 3.05) is 0 Å². The second-order valence-electron chi connectivity index (χ2n) is 16.4. The maximum atomic E-state index is 2.57. The molecule has 0 nitrogen and oxygen atoms in total. The van der Waals surface area contributed by atoms with Gasteiger partial charge in [-0.05, 0) is 116 Å². The number of fused-ring (bicyclic) bond motifs is 10. The van der Waals surface area contributed by atoms with E-state index in [1.165, 1.54) is 110 Å². The van der Waals surface area contributed by atoms with Gasteiger partial charge < -0.3 is 0 Å². The van der Waals surface area contributed by atoms with Crippen molar-refractivity contribution in [1.29, 1.82) is 0 Å². The SMILES string of the molecule is CC1(C)c2ccccc2-c2c1cc(-c1ccc(-c3c4ccccc4c(-c4ccccc4)c4ccccc34)c3ccccc13)c1c2-c2ccccc2C1(C)C. The summed E-state index contributed by atoms with van der Waals surface area (Å²) in [7, 11) is 0. The van der Waals surface area contributed by atoms with Gasteiger partial charge in [0, 0.05) is 10.8 Å². The second kappa shape index (κ2) is 11.1. The van der Waals surface area contributed by atoms with Crippen LogP contribution < -0.4 is 0 Å². The summed E-state index contributed by atoms with van der Waals surface area (Å²) in [5, 5.41) is 7.69. The molecule has 0 saturated heterocycles. The van der Waals surface area contributed by atoms with Crippen molar-refractivity contribution in [3.05, 3.63) is 192 Å². The van der Waals surface area contributed by atoms with Crippen LogP contribution in [0.3, 0.4) is 0 Å². The average molecular weight is 689 g/mol. The molecule has 0 N–H and O–H groups in total. The Morgan fingerprint density at radius 3 is 1.33 bits per heavy atom. The topological polar surface area (TPSA) is 0 Å². The van der Waals surface area contributed by atoms with Gasteiger partial charge in [-0.2, -0.15) is 0 Å².